The molecule has 0 spiro atoms. The van der Waals surface area contributed by atoms with Crippen molar-refractivity contribution in [1.82, 2.24) is 5.01 Å². The number of azo groups is 1. The molecule has 4 aliphatic rings. The lowest BCUT2D eigenvalue weighted by Gasteiger charge is -2.50. The molecular formula is C48H42Cl2N6O7. The van der Waals surface area contributed by atoms with Crippen LogP contribution in [0.5, 0.6) is 17.2 Å². The molecule has 3 fully saturated rings. The van der Waals surface area contributed by atoms with Gasteiger partial charge in [0.1, 0.15) is 17.2 Å². The number of benzene rings is 5. The SMILES string of the molecule is COc1ccc([C@@]23C(=O)N(Nc4ccc(Cl)cc4Cl)C(=O)[C@@H]2C[C@@H]2C(=CC[C@@H]4C(=O)N(c5ccc(N=Nc6ccc(N(C)C)cc6)cc5)C(=O)[C@@H]42)[C@@H]3c2ccc(OC)cc2O)cc1. The minimum atomic E-state index is -1.65. The highest BCUT2D eigenvalue weighted by molar-refractivity contribution is 6.36. The van der Waals surface area contributed by atoms with Gasteiger partial charge in [-0.25, -0.2) is 0 Å². The molecule has 4 amide bonds. The Balaban J connectivity index is 1.12. The Kier molecular flexibility index (Phi) is 10.7. The molecule has 0 bridgehead atoms. The molecule has 5 aromatic rings. The number of aromatic hydroxyl groups is 1. The van der Waals surface area contributed by atoms with E-state index >= 15 is 9.59 Å². The summed E-state index contributed by atoms with van der Waals surface area (Å²) in [4.78, 5) is 63.1. The number of amides is 4. The van der Waals surface area contributed by atoms with E-state index in [9.17, 15) is 14.7 Å². The predicted octanol–water partition coefficient (Wildman–Crippen LogP) is 9.39. The van der Waals surface area contributed by atoms with Gasteiger partial charge in [-0.15, -0.1) is 0 Å². The number of fused-ring (bicyclic) bond motifs is 4. The van der Waals surface area contributed by atoms with Gasteiger partial charge < -0.3 is 19.5 Å². The zero-order chi connectivity index (χ0) is 44.3. The number of anilines is 3. The Morgan fingerprint density at radius 1 is 0.762 bits per heavy atom. The molecule has 5 aromatic carbocycles. The molecule has 63 heavy (non-hydrogen) atoms. The number of carbonyl (C=O) groups is 4. The number of nitrogens with one attached hydrogen (secondary N) is 1. The highest BCUT2D eigenvalue weighted by atomic mass is 35.5. The van der Waals surface area contributed by atoms with Crippen LogP contribution in [0.15, 0.2) is 131 Å². The first-order valence-electron chi connectivity index (χ1n) is 20.3. The Morgan fingerprint density at radius 3 is 2.03 bits per heavy atom. The topological polar surface area (TPSA) is 153 Å². The van der Waals surface area contributed by atoms with Gasteiger partial charge in [-0.05, 0) is 109 Å². The number of halogens is 2. The molecule has 2 heterocycles. The van der Waals surface area contributed by atoms with Gasteiger partial charge in [0.15, 0.2) is 0 Å². The van der Waals surface area contributed by atoms with E-state index < -0.39 is 52.7 Å². The standard InChI is InChI=1S/C48H42Cl2N6O7/c1-54(2)30-12-8-28(9-13-30)51-52-29-10-14-31(15-11-29)55-44(58)36-21-20-34-37(42(36)46(55)60)25-38-45(59)56(53-40-22-7-27(49)23-39(40)50)47(61)48(38,26-5-16-32(62-3)17-6-26)43(34)35-19-18-33(63-4)24-41(35)57/h5-20,22-24,36-38,42-43,53,57H,21,25H2,1-4H3/t36-,37+,38-,42-,43+,48+/m0/s1. The molecule has 2 saturated heterocycles. The quantitative estimate of drug-likeness (QED) is 0.0794. The van der Waals surface area contributed by atoms with Gasteiger partial charge in [0.2, 0.25) is 11.8 Å². The summed E-state index contributed by atoms with van der Waals surface area (Å²) in [5.41, 5.74) is 5.74. The molecule has 15 heteroatoms. The van der Waals surface area contributed by atoms with Gasteiger partial charge in [-0.1, -0.05) is 53.1 Å². The summed E-state index contributed by atoms with van der Waals surface area (Å²) in [6.07, 6.45) is 2.16. The summed E-state index contributed by atoms with van der Waals surface area (Å²) in [5.74, 6) is -5.51. The highest BCUT2D eigenvalue weighted by Gasteiger charge is 2.70. The maximum atomic E-state index is 15.5. The van der Waals surface area contributed by atoms with Crippen LogP contribution in [0, 0.1) is 23.7 Å². The fourth-order valence-corrected chi connectivity index (χ4v) is 10.4. The molecule has 0 unspecified atom stereocenters. The highest BCUT2D eigenvalue weighted by Crippen LogP contribution is 2.65. The van der Waals surface area contributed by atoms with Crippen LogP contribution in [0.4, 0.5) is 28.4 Å². The van der Waals surface area contributed by atoms with Gasteiger partial charge in [-0.3, -0.25) is 29.5 Å². The molecule has 2 N–H and O–H groups in total. The number of nitrogens with zero attached hydrogens (tertiary/aromatic N) is 5. The van der Waals surface area contributed by atoms with Crippen molar-refractivity contribution >= 4 is 75.3 Å². The predicted molar refractivity (Wildman–Crippen MR) is 239 cm³/mol. The summed E-state index contributed by atoms with van der Waals surface area (Å²) in [7, 11) is 6.92. The van der Waals surface area contributed by atoms with Gasteiger partial charge in [0, 0.05) is 42.4 Å². The summed E-state index contributed by atoms with van der Waals surface area (Å²) in [6, 6.07) is 30.8. The van der Waals surface area contributed by atoms with Crippen molar-refractivity contribution in [3.05, 3.63) is 142 Å². The molecule has 320 valence electrons. The number of rotatable bonds is 10. The van der Waals surface area contributed by atoms with Crippen molar-refractivity contribution in [2.75, 3.05) is 43.5 Å². The van der Waals surface area contributed by atoms with E-state index in [1.54, 1.807) is 72.8 Å². The van der Waals surface area contributed by atoms with E-state index in [4.69, 9.17) is 32.7 Å². The van der Waals surface area contributed by atoms with E-state index in [2.05, 4.69) is 15.7 Å². The molecule has 6 atom stereocenters. The maximum absolute atomic E-state index is 15.5. The number of phenols is 1. The van der Waals surface area contributed by atoms with Crippen LogP contribution in [-0.2, 0) is 24.6 Å². The average molecular weight is 886 g/mol. The van der Waals surface area contributed by atoms with Crippen molar-refractivity contribution in [3.63, 3.8) is 0 Å². The Bertz CT molecular complexity index is 2730. The Morgan fingerprint density at radius 2 is 1.41 bits per heavy atom. The van der Waals surface area contributed by atoms with Gasteiger partial charge in [-0.2, -0.15) is 15.2 Å². The fraction of sp³-hybridized carbons (Fsp3) is 0.250. The van der Waals surface area contributed by atoms with E-state index in [1.165, 1.54) is 31.3 Å². The minimum absolute atomic E-state index is 0.0469. The van der Waals surface area contributed by atoms with Crippen LogP contribution in [0.2, 0.25) is 10.0 Å². The molecule has 0 radical (unpaired) electrons. The summed E-state index contributed by atoms with van der Waals surface area (Å²) in [6.45, 7) is 0. The second-order valence-electron chi connectivity index (χ2n) is 16.3. The lowest BCUT2D eigenvalue weighted by atomic mass is 9.49. The summed E-state index contributed by atoms with van der Waals surface area (Å²) < 4.78 is 10.9. The molecule has 2 aliphatic heterocycles. The number of methoxy groups -OCH3 is 2. The largest absolute Gasteiger partial charge is 0.508 e. The third kappa shape index (κ3) is 6.86. The van der Waals surface area contributed by atoms with E-state index in [0.29, 0.717) is 50.3 Å². The number of hydrogen-bond acceptors (Lipinski definition) is 11. The van der Waals surface area contributed by atoms with E-state index in [1.807, 2.05) is 49.3 Å². The lowest BCUT2D eigenvalue weighted by molar-refractivity contribution is -0.138. The van der Waals surface area contributed by atoms with Gasteiger partial charge in [0.05, 0.1) is 65.2 Å². The minimum Gasteiger partial charge on any atom is -0.508 e. The number of imide groups is 2. The third-order valence-electron chi connectivity index (χ3n) is 12.9. The molecule has 2 aliphatic carbocycles. The monoisotopic (exact) mass is 884 g/mol. The third-order valence-corrected chi connectivity index (χ3v) is 13.4. The number of hydrogen-bond donors (Lipinski definition) is 2. The molecule has 9 rings (SSSR count). The van der Waals surface area contributed by atoms with E-state index in [-0.39, 0.29) is 35.2 Å². The number of hydrazine groups is 1. The summed E-state index contributed by atoms with van der Waals surface area (Å²) >= 11 is 12.8. The molecule has 1 saturated carbocycles. The van der Waals surface area contributed by atoms with Crippen molar-refractivity contribution in [2.24, 2.45) is 33.9 Å². The van der Waals surface area contributed by atoms with Crippen LogP contribution >= 0.6 is 23.2 Å². The van der Waals surface area contributed by atoms with Crippen LogP contribution < -0.4 is 24.7 Å². The number of allylic oxidation sites excluding steroid dienone is 2. The summed E-state index contributed by atoms with van der Waals surface area (Å²) in [5, 5.41) is 22.1. The second-order valence-corrected chi connectivity index (χ2v) is 17.1. The first-order chi connectivity index (χ1) is 30.3. The fourth-order valence-electron chi connectivity index (χ4n) is 9.94. The zero-order valence-corrected chi connectivity index (χ0v) is 36.2. The van der Waals surface area contributed by atoms with Crippen LogP contribution in [0.3, 0.4) is 0 Å². The maximum Gasteiger partial charge on any atom is 0.260 e. The average Bonchev–Trinajstić information content (AvgIpc) is 3.67. The second kappa shape index (κ2) is 16.2. The number of ether oxygens (including phenoxy) is 2. The zero-order valence-electron chi connectivity index (χ0n) is 34.7. The number of phenolic OH excluding ortho intramolecular Hbond substituents is 1. The Labute approximate surface area is 373 Å². The van der Waals surface area contributed by atoms with E-state index in [0.717, 1.165) is 10.7 Å². The van der Waals surface area contributed by atoms with Crippen LogP contribution in [0.25, 0.3) is 0 Å². The van der Waals surface area contributed by atoms with Gasteiger partial charge >= 0.3 is 0 Å². The smallest absolute Gasteiger partial charge is 0.260 e. The Hall–Kier alpha value is -6.70. The normalized spacial score (nSPS) is 24.0. The molecule has 0 aromatic heterocycles. The van der Waals surface area contributed by atoms with Gasteiger partial charge in [0.25, 0.3) is 11.8 Å². The van der Waals surface area contributed by atoms with Crippen molar-refractivity contribution in [2.45, 2.75) is 24.2 Å². The first kappa shape index (κ1) is 41.6. The molecular weight excluding hydrogens is 843 g/mol. The number of carbonyl (C=O) groups excluding carboxylic acids is 4. The van der Waals surface area contributed by atoms with Crippen LogP contribution in [0.1, 0.15) is 29.9 Å². The van der Waals surface area contributed by atoms with Crippen molar-refractivity contribution < 1.29 is 33.8 Å². The first-order valence-corrected chi connectivity index (χ1v) is 21.1. The van der Waals surface area contributed by atoms with Crippen molar-refractivity contribution in [1.29, 1.82) is 0 Å². The lowest BCUT2D eigenvalue weighted by Crippen LogP contribution is -2.53. The van der Waals surface area contributed by atoms with Crippen molar-refractivity contribution in [3.8, 4) is 17.2 Å². The van der Waals surface area contributed by atoms with Crippen LogP contribution in [-0.4, -0.2) is 62.1 Å². The molecule has 13 nitrogen and oxygen atoms in total.